The SMILES string of the molecule is Cc1cc(C(=O)NCCC(C)C)nc(NCCCN(C)C)n1. The van der Waals surface area contributed by atoms with Crippen LogP contribution in [0.3, 0.4) is 0 Å². The molecule has 0 saturated carbocycles. The van der Waals surface area contributed by atoms with Crippen LogP contribution >= 0.6 is 0 Å². The Morgan fingerprint density at radius 1 is 1.27 bits per heavy atom. The summed E-state index contributed by atoms with van der Waals surface area (Å²) in [6, 6.07) is 1.72. The van der Waals surface area contributed by atoms with Gasteiger partial charge in [-0.25, -0.2) is 9.97 Å². The van der Waals surface area contributed by atoms with Crippen LogP contribution in [0, 0.1) is 12.8 Å². The van der Waals surface area contributed by atoms with E-state index in [2.05, 4.69) is 39.3 Å². The first-order valence-corrected chi connectivity index (χ1v) is 7.91. The molecule has 0 unspecified atom stereocenters. The summed E-state index contributed by atoms with van der Waals surface area (Å²) in [4.78, 5) is 22.9. The van der Waals surface area contributed by atoms with Crippen molar-refractivity contribution < 1.29 is 4.79 Å². The standard InChI is InChI=1S/C16H29N5O/c1-12(2)7-9-17-15(22)14-11-13(3)19-16(20-14)18-8-6-10-21(4)5/h11-12H,6-10H2,1-5H3,(H,17,22)(H,18,19,20). The maximum atomic E-state index is 12.1. The second-order valence-corrected chi connectivity index (χ2v) is 6.24. The molecule has 0 aliphatic heterocycles. The van der Waals surface area contributed by atoms with Gasteiger partial charge in [-0.05, 0) is 52.4 Å². The molecule has 1 rings (SSSR count). The van der Waals surface area contributed by atoms with Crippen LogP contribution in [0.5, 0.6) is 0 Å². The quantitative estimate of drug-likeness (QED) is 0.682. The molecule has 0 atom stereocenters. The summed E-state index contributed by atoms with van der Waals surface area (Å²) in [5, 5.41) is 6.08. The highest BCUT2D eigenvalue weighted by molar-refractivity contribution is 5.92. The summed E-state index contributed by atoms with van der Waals surface area (Å²) in [5.41, 5.74) is 1.21. The highest BCUT2D eigenvalue weighted by Gasteiger charge is 2.10. The van der Waals surface area contributed by atoms with Crippen molar-refractivity contribution in [2.45, 2.75) is 33.6 Å². The number of aromatic nitrogens is 2. The zero-order valence-corrected chi connectivity index (χ0v) is 14.4. The van der Waals surface area contributed by atoms with E-state index in [1.165, 1.54) is 0 Å². The van der Waals surface area contributed by atoms with Crippen LogP contribution in [-0.4, -0.2) is 54.5 Å². The first-order valence-electron chi connectivity index (χ1n) is 7.91. The summed E-state index contributed by atoms with van der Waals surface area (Å²) in [5.74, 6) is 0.955. The van der Waals surface area contributed by atoms with Gasteiger partial charge in [-0.2, -0.15) is 0 Å². The van der Waals surface area contributed by atoms with Crippen molar-refractivity contribution in [1.29, 1.82) is 0 Å². The lowest BCUT2D eigenvalue weighted by Crippen LogP contribution is -2.27. The third-order valence-electron chi connectivity index (χ3n) is 3.16. The number of amides is 1. The molecule has 0 bridgehead atoms. The van der Waals surface area contributed by atoms with Gasteiger partial charge in [0.1, 0.15) is 5.69 Å². The number of anilines is 1. The molecule has 0 spiro atoms. The lowest BCUT2D eigenvalue weighted by atomic mass is 10.1. The zero-order valence-electron chi connectivity index (χ0n) is 14.4. The predicted molar refractivity (Wildman–Crippen MR) is 90.2 cm³/mol. The van der Waals surface area contributed by atoms with Gasteiger partial charge in [0.05, 0.1) is 0 Å². The highest BCUT2D eigenvalue weighted by Crippen LogP contribution is 2.06. The first kappa shape index (κ1) is 18.4. The Bertz CT molecular complexity index is 474. The van der Waals surface area contributed by atoms with Crippen LogP contribution in [-0.2, 0) is 0 Å². The molecule has 0 aliphatic rings. The molecule has 1 heterocycles. The number of aryl methyl sites for hydroxylation is 1. The van der Waals surface area contributed by atoms with Crippen molar-refractivity contribution in [3.63, 3.8) is 0 Å². The molecule has 0 saturated heterocycles. The minimum Gasteiger partial charge on any atom is -0.354 e. The van der Waals surface area contributed by atoms with Crippen molar-refractivity contribution in [1.82, 2.24) is 20.2 Å². The average molecular weight is 307 g/mol. The van der Waals surface area contributed by atoms with E-state index in [0.717, 1.165) is 31.6 Å². The smallest absolute Gasteiger partial charge is 0.270 e. The van der Waals surface area contributed by atoms with Crippen LogP contribution < -0.4 is 10.6 Å². The molecule has 6 nitrogen and oxygen atoms in total. The normalized spacial score (nSPS) is 11.0. The van der Waals surface area contributed by atoms with Gasteiger partial charge in [0.25, 0.3) is 5.91 Å². The third kappa shape index (κ3) is 7.36. The predicted octanol–water partition coefficient (Wildman–Crippen LogP) is 1.92. The molecular formula is C16H29N5O. The van der Waals surface area contributed by atoms with Crippen molar-refractivity contribution in [3.05, 3.63) is 17.5 Å². The number of carbonyl (C=O) groups excluding carboxylic acids is 1. The largest absolute Gasteiger partial charge is 0.354 e. The van der Waals surface area contributed by atoms with Crippen molar-refractivity contribution in [2.75, 3.05) is 39.0 Å². The molecule has 0 fully saturated rings. The topological polar surface area (TPSA) is 70.2 Å². The number of carbonyl (C=O) groups is 1. The van der Waals surface area contributed by atoms with Crippen molar-refractivity contribution >= 4 is 11.9 Å². The van der Waals surface area contributed by atoms with Gasteiger partial charge in [0.2, 0.25) is 5.95 Å². The van der Waals surface area contributed by atoms with Gasteiger partial charge in [0.15, 0.2) is 0 Å². The summed E-state index contributed by atoms with van der Waals surface area (Å²) in [6.45, 7) is 8.60. The fourth-order valence-electron chi connectivity index (χ4n) is 1.92. The molecule has 1 aromatic rings. The minimum absolute atomic E-state index is 0.137. The Labute approximate surface area is 133 Å². The lowest BCUT2D eigenvalue weighted by Gasteiger charge is -2.11. The molecule has 0 aliphatic carbocycles. The van der Waals surface area contributed by atoms with Crippen LogP contribution in [0.15, 0.2) is 6.07 Å². The van der Waals surface area contributed by atoms with Gasteiger partial charge in [-0.15, -0.1) is 0 Å². The average Bonchev–Trinajstić information content (AvgIpc) is 2.42. The van der Waals surface area contributed by atoms with E-state index in [-0.39, 0.29) is 5.91 Å². The van der Waals surface area contributed by atoms with Gasteiger partial charge >= 0.3 is 0 Å². The Morgan fingerprint density at radius 2 is 2.00 bits per heavy atom. The summed E-state index contributed by atoms with van der Waals surface area (Å²) < 4.78 is 0. The Kier molecular flexibility index (Phi) is 7.80. The number of hydrogen-bond acceptors (Lipinski definition) is 5. The van der Waals surface area contributed by atoms with Crippen molar-refractivity contribution in [3.8, 4) is 0 Å². The maximum absolute atomic E-state index is 12.1. The van der Waals surface area contributed by atoms with Gasteiger partial charge in [-0.3, -0.25) is 4.79 Å². The van der Waals surface area contributed by atoms with Crippen LogP contribution in [0.1, 0.15) is 42.9 Å². The molecule has 2 N–H and O–H groups in total. The molecule has 1 amide bonds. The molecule has 0 radical (unpaired) electrons. The number of hydrogen-bond donors (Lipinski definition) is 2. The monoisotopic (exact) mass is 307 g/mol. The number of nitrogens with zero attached hydrogens (tertiary/aromatic N) is 3. The molecular weight excluding hydrogens is 278 g/mol. The van der Waals surface area contributed by atoms with Crippen LogP contribution in [0.4, 0.5) is 5.95 Å². The molecule has 0 aromatic carbocycles. The number of rotatable bonds is 9. The second kappa shape index (κ2) is 9.35. The summed E-state index contributed by atoms with van der Waals surface area (Å²) >= 11 is 0. The molecule has 6 heteroatoms. The van der Waals surface area contributed by atoms with Gasteiger partial charge in [0, 0.05) is 18.8 Å². The Hall–Kier alpha value is -1.69. The molecule has 1 aromatic heterocycles. The lowest BCUT2D eigenvalue weighted by molar-refractivity contribution is 0.0947. The second-order valence-electron chi connectivity index (χ2n) is 6.24. The van der Waals surface area contributed by atoms with E-state index in [1.54, 1.807) is 6.07 Å². The van der Waals surface area contributed by atoms with Gasteiger partial charge in [-0.1, -0.05) is 13.8 Å². The maximum Gasteiger partial charge on any atom is 0.270 e. The summed E-state index contributed by atoms with van der Waals surface area (Å²) in [6.07, 6.45) is 1.96. The van der Waals surface area contributed by atoms with E-state index in [9.17, 15) is 4.79 Å². The van der Waals surface area contributed by atoms with E-state index in [1.807, 2.05) is 21.0 Å². The van der Waals surface area contributed by atoms with Crippen molar-refractivity contribution in [2.24, 2.45) is 5.92 Å². The van der Waals surface area contributed by atoms with Crippen LogP contribution in [0.2, 0.25) is 0 Å². The van der Waals surface area contributed by atoms with Crippen LogP contribution in [0.25, 0.3) is 0 Å². The highest BCUT2D eigenvalue weighted by atomic mass is 16.1. The Balaban J connectivity index is 2.55. The third-order valence-corrected chi connectivity index (χ3v) is 3.16. The zero-order chi connectivity index (χ0) is 16.5. The van der Waals surface area contributed by atoms with E-state index in [4.69, 9.17) is 0 Å². The minimum atomic E-state index is -0.137. The summed E-state index contributed by atoms with van der Waals surface area (Å²) in [7, 11) is 4.09. The van der Waals surface area contributed by atoms with E-state index < -0.39 is 0 Å². The van der Waals surface area contributed by atoms with Gasteiger partial charge < -0.3 is 15.5 Å². The van der Waals surface area contributed by atoms with E-state index in [0.29, 0.717) is 24.1 Å². The molecule has 22 heavy (non-hydrogen) atoms. The number of nitrogens with one attached hydrogen (secondary N) is 2. The first-order chi connectivity index (χ1) is 10.4. The molecule has 124 valence electrons. The fourth-order valence-corrected chi connectivity index (χ4v) is 1.92. The van der Waals surface area contributed by atoms with E-state index >= 15 is 0 Å². The fraction of sp³-hybridized carbons (Fsp3) is 0.688. The Morgan fingerprint density at radius 3 is 2.64 bits per heavy atom.